The molecule has 4 aliphatic carbocycles. The summed E-state index contributed by atoms with van der Waals surface area (Å²) >= 11 is 0. The van der Waals surface area contributed by atoms with E-state index in [9.17, 15) is 63.4 Å². The normalized spacial score (nSPS) is 48.6. The maximum absolute atomic E-state index is 14.6. The van der Waals surface area contributed by atoms with Crippen molar-refractivity contribution >= 4 is 22.3 Å². The molecule has 0 radical (unpaired) electrons. The Balaban J connectivity index is 0.00000860. The summed E-state index contributed by atoms with van der Waals surface area (Å²) < 4.78 is 105. The fourth-order valence-electron chi connectivity index (χ4n) is 15.6. The number of hydrogen-bond donors (Lipinski definition) is 8. The van der Waals surface area contributed by atoms with Gasteiger partial charge in [-0.15, -0.1) is 0 Å². The summed E-state index contributed by atoms with van der Waals surface area (Å²) in [5, 5.41) is 87.7. The number of aliphatic hydroxyl groups excluding tert-OH is 8. The summed E-state index contributed by atoms with van der Waals surface area (Å²) in [5.41, 5.74) is -1.44. The van der Waals surface area contributed by atoms with Gasteiger partial charge in [0.05, 0.1) is 43.9 Å². The molecule has 1 spiro atoms. The maximum atomic E-state index is 14.6. The van der Waals surface area contributed by atoms with Crippen LogP contribution in [0.1, 0.15) is 93.9 Å². The molecule has 5 heterocycles. The van der Waals surface area contributed by atoms with Crippen LogP contribution in [0.15, 0.2) is 35.5 Å². The van der Waals surface area contributed by atoms with E-state index >= 15 is 0 Å². The van der Waals surface area contributed by atoms with Gasteiger partial charge >= 0.3 is 41.5 Å². The van der Waals surface area contributed by atoms with Crippen molar-refractivity contribution in [2.45, 2.75) is 216 Å². The van der Waals surface area contributed by atoms with Crippen molar-refractivity contribution < 1.29 is 149 Å². The van der Waals surface area contributed by atoms with Crippen molar-refractivity contribution in [2.75, 3.05) is 33.5 Å². The summed E-state index contributed by atoms with van der Waals surface area (Å²) in [5.74, 6) is -1.17. The first-order valence-electron chi connectivity index (χ1n) is 27.6. The molecule has 0 amide bonds. The Labute approximate surface area is 493 Å². The van der Waals surface area contributed by atoms with Gasteiger partial charge in [0.2, 0.25) is 10.4 Å². The molecule has 0 aromatic rings. The first kappa shape index (κ1) is 65.3. The number of esters is 2. The van der Waals surface area contributed by atoms with Crippen LogP contribution in [0, 0.1) is 39.4 Å². The van der Waals surface area contributed by atoms with Gasteiger partial charge in [-0.3, -0.25) is 13.8 Å². The zero-order chi connectivity index (χ0) is 58.4. The molecule has 0 bridgehead atoms. The van der Waals surface area contributed by atoms with E-state index in [1.165, 1.54) is 14.0 Å². The third-order valence-electron chi connectivity index (χ3n) is 19.4. The molecule has 0 aromatic heterocycles. The monoisotopic (exact) mass is 1180 g/mol. The second-order valence-electron chi connectivity index (χ2n) is 24.8. The predicted octanol–water partition coefficient (Wildman–Crippen LogP) is -3.33. The van der Waals surface area contributed by atoms with Crippen LogP contribution in [0.25, 0.3) is 0 Å². The van der Waals surface area contributed by atoms with Crippen LogP contribution in [-0.4, -0.2) is 222 Å². The van der Waals surface area contributed by atoms with Gasteiger partial charge in [0.15, 0.2) is 25.2 Å². The van der Waals surface area contributed by atoms with E-state index in [1.54, 1.807) is 0 Å². The minimum atomic E-state index is -5.40. The summed E-state index contributed by atoms with van der Waals surface area (Å²) in [4.78, 5) is 27.3. The standard InChI is InChI=1S/C54H82O25S.Na/c1-24(2)11-10-16-53(8)44-29(72-25(3)56)19-52(7)27-12-13-33-50(4,5)34(15-17-51(33,6)26(27)14-18-54(44,52)49(64)78-53)75-48-43(37(60)32(23-71-48)79-80(65,66)67)77-45-38(61)35(58)31(22-70-45)74-46-39(62)41(28(57)21-69-46)76-47-40(63)42(68-9)36(59)30(20-55)73-47;/h10-12,16,26,28-48,55,57-63H,13-15,17-23H2,1-9H3,(H,65,66,67);/q;+1/p-1/b16-10-;/t26-,28+,29-,30+,31+,32+,33-,34-,35-,36+,37-,38+,39+,40+,41-,42-,43+,44+,45-,46-,47-,48-,51+,52-,53-,54+;/m0./s1. The van der Waals surface area contributed by atoms with E-state index in [1.807, 2.05) is 39.0 Å². The van der Waals surface area contributed by atoms with Crippen LogP contribution in [0.5, 0.6) is 0 Å². The first-order chi connectivity index (χ1) is 37.5. The Bertz CT molecular complexity index is 2480. The summed E-state index contributed by atoms with van der Waals surface area (Å²) in [7, 11) is -4.20. The van der Waals surface area contributed by atoms with E-state index in [0.717, 1.165) is 11.1 Å². The number of ether oxygens (including phenoxy) is 11. The molecule has 5 aliphatic heterocycles. The number of cyclic esters (lactones) is 1. The second kappa shape index (κ2) is 24.5. The Morgan fingerprint density at radius 3 is 2.06 bits per heavy atom. The van der Waals surface area contributed by atoms with E-state index in [0.29, 0.717) is 38.5 Å². The minimum absolute atomic E-state index is 0. The van der Waals surface area contributed by atoms with E-state index in [-0.39, 0.29) is 52.8 Å². The second-order valence-corrected chi connectivity index (χ2v) is 25.8. The third-order valence-corrected chi connectivity index (χ3v) is 19.9. The molecular weight excluding hydrogens is 1100 g/mol. The van der Waals surface area contributed by atoms with Gasteiger partial charge in [-0.05, 0) is 88.0 Å². The summed E-state index contributed by atoms with van der Waals surface area (Å²) in [6.45, 7) is 13.4. The quantitative estimate of drug-likeness (QED) is 0.0199. The minimum Gasteiger partial charge on any atom is -0.726 e. The van der Waals surface area contributed by atoms with Gasteiger partial charge in [0.1, 0.15) is 91.1 Å². The number of aliphatic hydroxyl groups is 8. The summed E-state index contributed by atoms with van der Waals surface area (Å²) in [6.07, 6.45) is -17.7. The Morgan fingerprint density at radius 1 is 0.765 bits per heavy atom. The van der Waals surface area contributed by atoms with Gasteiger partial charge in [-0.25, -0.2) is 8.42 Å². The molecule has 0 unspecified atom stereocenters. The first-order valence-corrected chi connectivity index (χ1v) is 28.9. The third kappa shape index (κ3) is 11.7. The van der Waals surface area contributed by atoms with Crippen LogP contribution >= 0.6 is 0 Å². The van der Waals surface area contributed by atoms with Gasteiger partial charge in [-0.2, -0.15) is 0 Å². The number of carbonyl (C=O) groups excluding carboxylic acids is 2. The number of fused-ring (bicyclic) bond motifs is 4. The number of carbonyl (C=O) groups is 2. The largest absolute Gasteiger partial charge is 1.00 e. The molecule has 9 aliphatic rings. The molecule has 27 heteroatoms. The fraction of sp³-hybridized carbons (Fsp3) is 0.852. The van der Waals surface area contributed by atoms with Gasteiger partial charge in [0, 0.05) is 19.4 Å². The van der Waals surface area contributed by atoms with Crippen molar-refractivity contribution in [1.82, 2.24) is 0 Å². The average Bonchev–Trinajstić information content (AvgIpc) is 3.78. The average molecular weight is 1190 g/mol. The zero-order valence-corrected chi connectivity index (χ0v) is 50.3. The maximum Gasteiger partial charge on any atom is 1.00 e. The zero-order valence-electron chi connectivity index (χ0n) is 47.5. The Hall–Kier alpha value is -1.65. The van der Waals surface area contributed by atoms with Crippen molar-refractivity contribution in [3.8, 4) is 0 Å². The van der Waals surface area contributed by atoms with E-state index in [4.69, 9.17) is 52.1 Å². The number of allylic oxidation sites excluding steroid dienone is 5. The molecule has 8 fully saturated rings. The molecule has 9 rings (SSSR count). The van der Waals surface area contributed by atoms with Crippen LogP contribution in [0.4, 0.5) is 0 Å². The molecule has 26 atom stereocenters. The van der Waals surface area contributed by atoms with Crippen LogP contribution in [0.2, 0.25) is 0 Å². The van der Waals surface area contributed by atoms with Gasteiger partial charge < -0.3 is 97.5 Å². The number of rotatable bonds is 15. The van der Waals surface area contributed by atoms with E-state index in [2.05, 4.69) is 38.0 Å². The van der Waals surface area contributed by atoms with Crippen molar-refractivity contribution in [3.05, 3.63) is 35.5 Å². The molecule has 454 valence electrons. The molecule has 25 nitrogen and oxygen atoms in total. The van der Waals surface area contributed by atoms with Crippen molar-refractivity contribution in [2.24, 2.45) is 39.4 Å². The van der Waals surface area contributed by atoms with Gasteiger partial charge in [-0.1, -0.05) is 57.1 Å². The van der Waals surface area contributed by atoms with Crippen LogP contribution < -0.4 is 29.6 Å². The van der Waals surface area contributed by atoms with Gasteiger partial charge in [0.25, 0.3) is 0 Å². The number of hydrogen-bond acceptors (Lipinski definition) is 25. The van der Waals surface area contributed by atoms with Crippen LogP contribution in [0.3, 0.4) is 0 Å². The molecule has 8 N–H and O–H groups in total. The van der Waals surface area contributed by atoms with Crippen molar-refractivity contribution in [1.29, 1.82) is 0 Å². The van der Waals surface area contributed by atoms with Crippen molar-refractivity contribution in [3.63, 3.8) is 0 Å². The number of methoxy groups -OCH3 is 1. The molecule has 81 heavy (non-hydrogen) atoms. The fourth-order valence-corrected chi connectivity index (χ4v) is 16.1. The SMILES string of the molecule is CO[C@@H]1[C@@H](O)[C@H](O[C@@H]2[C@@H](O)[C@H](O[C@@H]3CO[C@@H](O[C@H]4[C@H](O[C@H]5CC[C@]6(C)[C@H]7CC[C@]89C(=O)O[C@@](C)(/C=C\C=C(C)C)[C@H]8[C@@H](OC(C)=O)C[C@@]9(C)C7=CC[C@H]6C5(C)C)OC[C@@H](OS(=O)(=O)[O-])[C@@H]4O)[C@H](O)[C@H]3O)OC[C@H]2O)O[C@H](CO)[C@H]1O.[Na+]. The Morgan fingerprint density at radius 2 is 1.41 bits per heavy atom. The molecule has 0 aromatic carbocycles. The predicted molar refractivity (Wildman–Crippen MR) is 269 cm³/mol. The topological polar surface area (TPSA) is 364 Å². The van der Waals surface area contributed by atoms with Crippen LogP contribution in [-0.2, 0) is 76.3 Å². The summed E-state index contributed by atoms with van der Waals surface area (Å²) in [6, 6.07) is 0. The smallest absolute Gasteiger partial charge is 0.726 e. The van der Waals surface area contributed by atoms with E-state index < -0.39 is 187 Å². The molecule has 5 saturated heterocycles. The molecular formula is C54H81NaO25S. The Kier molecular flexibility index (Phi) is 19.8. The molecule has 3 saturated carbocycles.